The van der Waals surface area contributed by atoms with E-state index in [9.17, 15) is 16.8 Å². The van der Waals surface area contributed by atoms with E-state index in [4.69, 9.17) is 0 Å². The van der Waals surface area contributed by atoms with Crippen LogP contribution in [0.2, 0.25) is 0 Å². The number of hydrogen-bond acceptors (Lipinski definition) is 4. The fourth-order valence-corrected chi connectivity index (χ4v) is 7.14. The lowest BCUT2D eigenvalue weighted by molar-refractivity contribution is 0.0644. The maximum Gasteiger partial charge on any atom is 0.214 e. The minimum atomic E-state index is -3.23. The number of hydrogen-bond donors (Lipinski definition) is 0. The Morgan fingerprint density at radius 3 is 2.00 bits per heavy atom. The topological polar surface area (TPSA) is 74.8 Å². The van der Waals surface area contributed by atoms with Crippen molar-refractivity contribution in [3.05, 3.63) is 0 Å². The molecule has 2 atom stereocenters. The van der Waals surface area contributed by atoms with Crippen molar-refractivity contribution in [1.82, 2.24) is 8.61 Å². The summed E-state index contributed by atoms with van der Waals surface area (Å²) >= 11 is 0. The third-order valence-electron chi connectivity index (χ3n) is 5.69. The highest BCUT2D eigenvalue weighted by Crippen LogP contribution is 2.53. The lowest BCUT2D eigenvalue weighted by Gasteiger charge is -2.49. The van der Waals surface area contributed by atoms with Gasteiger partial charge in [0.1, 0.15) is 0 Å². The van der Waals surface area contributed by atoms with Gasteiger partial charge in [-0.25, -0.2) is 21.1 Å². The van der Waals surface area contributed by atoms with Crippen LogP contribution in [0.15, 0.2) is 0 Å². The third kappa shape index (κ3) is 2.72. The van der Waals surface area contributed by atoms with Crippen LogP contribution in [0.1, 0.15) is 25.7 Å². The van der Waals surface area contributed by atoms with Crippen LogP contribution in [-0.2, 0) is 20.0 Å². The van der Waals surface area contributed by atoms with E-state index >= 15 is 0 Å². The Kier molecular flexibility index (Phi) is 3.43. The molecule has 2 heterocycles. The van der Waals surface area contributed by atoms with Gasteiger partial charge < -0.3 is 0 Å². The van der Waals surface area contributed by atoms with Gasteiger partial charge in [-0.3, -0.25) is 0 Å². The van der Waals surface area contributed by atoms with Gasteiger partial charge in [0.25, 0.3) is 0 Å². The molecule has 8 heteroatoms. The molecule has 0 radical (unpaired) electrons. The van der Waals surface area contributed by atoms with E-state index in [1.165, 1.54) is 36.2 Å². The predicted molar refractivity (Wildman–Crippen MR) is 83.1 cm³/mol. The first-order chi connectivity index (χ1) is 10.3. The van der Waals surface area contributed by atoms with E-state index in [0.29, 0.717) is 31.5 Å². The molecule has 4 fully saturated rings. The maximum atomic E-state index is 12.7. The quantitative estimate of drug-likeness (QED) is 0.693. The van der Waals surface area contributed by atoms with Crippen molar-refractivity contribution in [2.75, 3.05) is 31.6 Å². The van der Waals surface area contributed by atoms with Gasteiger partial charge in [0.2, 0.25) is 20.0 Å². The van der Waals surface area contributed by atoms with Gasteiger partial charge in [-0.05, 0) is 43.4 Å². The molecule has 0 N–H and O–H groups in total. The number of nitrogens with zero attached hydrogens (tertiary/aromatic N) is 2. The Bertz CT molecular complexity index is 661. The first-order valence-electron chi connectivity index (χ1n) is 8.20. The zero-order chi connectivity index (χ0) is 15.7. The fourth-order valence-electron chi connectivity index (χ4n) is 4.08. The van der Waals surface area contributed by atoms with Crippen LogP contribution in [0.3, 0.4) is 0 Å². The van der Waals surface area contributed by atoms with Crippen molar-refractivity contribution < 1.29 is 16.8 Å². The minimum absolute atomic E-state index is 0.0421. The average Bonchev–Trinajstić information content (AvgIpc) is 3.11. The van der Waals surface area contributed by atoms with E-state index < -0.39 is 20.0 Å². The molecule has 2 saturated carbocycles. The number of sulfonamides is 2. The predicted octanol–water partition coefficient (Wildman–Crippen LogP) is 0.328. The van der Waals surface area contributed by atoms with Crippen LogP contribution in [0.25, 0.3) is 0 Å². The summed E-state index contributed by atoms with van der Waals surface area (Å²) in [6.45, 7) is 1.41. The first kappa shape index (κ1) is 15.4. The third-order valence-corrected chi connectivity index (χ3v) is 8.93. The largest absolute Gasteiger partial charge is 0.214 e. The monoisotopic (exact) mass is 348 g/mol. The highest BCUT2D eigenvalue weighted by atomic mass is 32.2. The number of rotatable bonds is 6. The van der Waals surface area contributed by atoms with Crippen molar-refractivity contribution in [2.24, 2.45) is 23.7 Å². The summed E-state index contributed by atoms with van der Waals surface area (Å²) in [7, 11) is -6.40. The van der Waals surface area contributed by atoms with Gasteiger partial charge >= 0.3 is 0 Å². The van der Waals surface area contributed by atoms with Crippen LogP contribution in [-0.4, -0.2) is 63.1 Å². The highest BCUT2D eigenvalue weighted by Gasteiger charge is 2.56. The molecule has 2 saturated heterocycles. The van der Waals surface area contributed by atoms with Crippen LogP contribution in [0.4, 0.5) is 0 Å². The second-order valence-electron chi connectivity index (χ2n) is 7.62. The molecule has 0 aromatic heterocycles. The lowest BCUT2D eigenvalue weighted by Crippen LogP contribution is -2.62. The van der Waals surface area contributed by atoms with E-state index in [0.717, 1.165) is 5.92 Å². The molecule has 2 unspecified atom stereocenters. The maximum absolute atomic E-state index is 12.7. The Balaban J connectivity index is 1.37. The smallest absolute Gasteiger partial charge is 0.213 e. The van der Waals surface area contributed by atoms with E-state index in [1.54, 1.807) is 4.31 Å². The molecular formula is C14H24N2O4S2. The Labute approximate surface area is 133 Å². The summed E-state index contributed by atoms with van der Waals surface area (Å²) in [5.41, 5.74) is 0. The van der Waals surface area contributed by atoms with Crippen LogP contribution < -0.4 is 0 Å². The minimum Gasteiger partial charge on any atom is -0.213 e. The molecule has 0 spiro atoms. The van der Waals surface area contributed by atoms with Crippen molar-refractivity contribution >= 4 is 20.0 Å². The molecule has 22 heavy (non-hydrogen) atoms. The van der Waals surface area contributed by atoms with Crippen LogP contribution in [0.5, 0.6) is 0 Å². The summed E-state index contributed by atoms with van der Waals surface area (Å²) in [6.07, 6.45) is 6.06. The van der Waals surface area contributed by atoms with Gasteiger partial charge in [0.05, 0.1) is 12.0 Å². The first-order valence-corrected chi connectivity index (χ1v) is 11.7. The zero-order valence-corrected chi connectivity index (χ0v) is 14.5. The normalized spacial score (nSPS) is 35.1. The van der Waals surface area contributed by atoms with Crippen LogP contribution >= 0.6 is 0 Å². The molecule has 2 aliphatic heterocycles. The molecule has 0 aromatic rings. The molecule has 0 amide bonds. The standard InChI is InChI=1S/C14H24N2O4S2/c1-21(17,18)15-6-10(7-15)9-22(19,20)16-8-13(11-2-3-11)14(16)12-4-5-12/h10-14H,2-9H2,1H3. The molecule has 4 aliphatic rings. The molecule has 0 bridgehead atoms. The molecule has 126 valence electrons. The average molecular weight is 348 g/mol. The van der Waals surface area contributed by atoms with Gasteiger partial charge in [0.15, 0.2) is 0 Å². The molecular weight excluding hydrogens is 324 g/mol. The second kappa shape index (κ2) is 4.91. The fraction of sp³-hybridized carbons (Fsp3) is 1.00. The highest BCUT2D eigenvalue weighted by molar-refractivity contribution is 7.89. The summed E-state index contributed by atoms with van der Waals surface area (Å²) in [5.74, 6) is 2.01. The summed E-state index contributed by atoms with van der Waals surface area (Å²) in [6, 6.07) is 0.253. The molecule has 2 aliphatic carbocycles. The van der Waals surface area contributed by atoms with Gasteiger partial charge in [-0.1, -0.05) is 0 Å². The van der Waals surface area contributed by atoms with Gasteiger partial charge in [-0.15, -0.1) is 0 Å². The van der Waals surface area contributed by atoms with Crippen molar-refractivity contribution in [3.8, 4) is 0 Å². The van der Waals surface area contributed by atoms with Crippen molar-refractivity contribution in [3.63, 3.8) is 0 Å². The molecule has 0 aromatic carbocycles. The van der Waals surface area contributed by atoms with Crippen molar-refractivity contribution in [1.29, 1.82) is 0 Å². The Morgan fingerprint density at radius 1 is 0.909 bits per heavy atom. The van der Waals surface area contributed by atoms with E-state index in [1.807, 2.05) is 0 Å². The van der Waals surface area contributed by atoms with Crippen LogP contribution in [0, 0.1) is 23.7 Å². The Morgan fingerprint density at radius 2 is 1.50 bits per heavy atom. The second-order valence-corrected chi connectivity index (χ2v) is 11.6. The zero-order valence-electron chi connectivity index (χ0n) is 12.9. The lowest BCUT2D eigenvalue weighted by atomic mass is 9.84. The van der Waals surface area contributed by atoms with E-state index in [-0.39, 0.29) is 17.7 Å². The summed E-state index contributed by atoms with van der Waals surface area (Å²) in [4.78, 5) is 0. The van der Waals surface area contributed by atoms with Crippen molar-refractivity contribution in [2.45, 2.75) is 31.7 Å². The molecule has 6 nitrogen and oxygen atoms in total. The summed E-state index contributed by atoms with van der Waals surface area (Å²) in [5, 5.41) is 0. The molecule has 4 rings (SSSR count). The Hall–Kier alpha value is -0.180. The SMILES string of the molecule is CS(=O)(=O)N1CC(CS(=O)(=O)N2CC(C3CC3)C2C2CC2)C1. The van der Waals surface area contributed by atoms with Gasteiger partial charge in [-0.2, -0.15) is 4.31 Å². The van der Waals surface area contributed by atoms with Gasteiger partial charge in [0, 0.05) is 31.6 Å². The van der Waals surface area contributed by atoms with E-state index in [2.05, 4.69) is 0 Å². The summed E-state index contributed by atoms with van der Waals surface area (Å²) < 4.78 is 51.2.